The van der Waals surface area contributed by atoms with Gasteiger partial charge in [-0.1, -0.05) is 47.0 Å². The van der Waals surface area contributed by atoms with Gasteiger partial charge in [0.1, 0.15) is 23.0 Å². The van der Waals surface area contributed by atoms with Crippen molar-refractivity contribution in [1.29, 1.82) is 0 Å². The molecule has 15 heteroatoms. The van der Waals surface area contributed by atoms with Gasteiger partial charge in [0.25, 0.3) is 11.8 Å². The van der Waals surface area contributed by atoms with Crippen molar-refractivity contribution in [2.75, 3.05) is 33.9 Å². The van der Waals surface area contributed by atoms with Gasteiger partial charge in [0.05, 0.1) is 62.3 Å². The summed E-state index contributed by atoms with van der Waals surface area (Å²) in [4.78, 5) is 71.2. The molecule has 1 saturated carbocycles. The summed E-state index contributed by atoms with van der Waals surface area (Å²) in [5.41, 5.74) is 2.77. The molecule has 0 bridgehead atoms. The number of ether oxygens (including phenoxy) is 4. The highest BCUT2D eigenvalue weighted by Gasteiger charge is 2.71. The third-order valence-electron chi connectivity index (χ3n) is 10.8. The molecule has 13 nitrogen and oxygen atoms in total. The van der Waals surface area contributed by atoms with Crippen LogP contribution in [0.25, 0.3) is 0 Å². The number of likely N-dealkylation sites (tertiary alicyclic amines) is 1. The number of hydrazine groups is 1. The molecule has 270 valence electrons. The second-order valence-electron chi connectivity index (χ2n) is 13.0. The van der Waals surface area contributed by atoms with Crippen LogP contribution in [0, 0.1) is 23.7 Å². The summed E-state index contributed by atoms with van der Waals surface area (Å²) in [5.74, 6) is -7.10. The van der Waals surface area contributed by atoms with E-state index in [1.807, 2.05) is 0 Å². The molecule has 2 aliphatic heterocycles. The Hall–Kier alpha value is -5.27. The number of phenols is 1. The van der Waals surface area contributed by atoms with Gasteiger partial charge in [0, 0.05) is 28.6 Å². The smallest absolute Gasteiger partial charge is 0.423 e. The lowest BCUT2D eigenvalue weighted by Gasteiger charge is -2.51. The minimum atomic E-state index is -1.73. The van der Waals surface area contributed by atoms with Gasteiger partial charge < -0.3 is 24.1 Å². The van der Waals surface area contributed by atoms with E-state index in [4.69, 9.17) is 42.1 Å². The Balaban J connectivity index is 1.52. The Morgan fingerprint density at radius 3 is 2.13 bits per heavy atom. The molecular weight excluding hydrogens is 717 g/mol. The zero-order valence-corrected chi connectivity index (χ0v) is 29.9. The Morgan fingerprint density at radius 1 is 0.865 bits per heavy atom. The van der Waals surface area contributed by atoms with Gasteiger partial charge in [-0.15, -0.1) is 0 Å². The number of allylic oxidation sites excluding steroid dienone is 2. The zero-order valence-electron chi connectivity index (χ0n) is 28.3. The van der Waals surface area contributed by atoms with Crippen molar-refractivity contribution in [2.45, 2.75) is 24.2 Å². The summed E-state index contributed by atoms with van der Waals surface area (Å²) in [5, 5.41) is 12.1. The number of carbonyl (C=O) groups is 5. The van der Waals surface area contributed by atoms with E-state index in [0.717, 1.165) is 12.1 Å². The average molecular weight is 751 g/mol. The SMILES string of the molecule is COC(=O)N1C(=O)C2CC=C3C(CC4C(=O)N(Nc5ccc(Cl)cc5Cl)C(=O)C4(c4ccc(OC)cc4)C3c3c(OC)cc(O)cc3OC)C2C1=O. The Bertz CT molecular complexity index is 2050. The summed E-state index contributed by atoms with van der Waals surface area (Å²) in [6.07, 6.45) is 0.708. The molecule has 0 aromatic heterocycles. The second-order valence-corrected chi connectivity index (χ2v) is 13.8. The molecule has 3 aromatic carbocycles. The van der Waals surface area contributed by atoms with Crippen molar-refractivity contribution >= 4 is 58.6 Å². The number of halogens is 2. The molecular formula is C37H33Cl2N3O10. The number of methoxy groups -OCH3 is 4. The highest BCUT2D eigenvalue weighted by atomic mass is 35.5. The fourth-order valence-electron chi connectivity index (χ4n) is 8.64. The topological polar surface area (TPSA) is 161 Å². The van der Waals surface area contributed by atoms with Crippen LogP contribution in [0.1, 0.15) is 29.9 Å². The van der Waals surface area contributed by atoms with Crippen LogP contribution < -0.4 is 19.6 Å². The molecule has 52 heavy (non-hydrogen) atoms. The number of hydrogen-bond donors (Lipinski definition) is 2. The highest BCUT2D eigenvalue weighted by molar-refractivity contribution is 6.36. The van der Waals surface area contributed by atoms with Crippen LogP contribution in [0.2, 0.25) is 10.0 Å². The molecule has 2 N–H and O–H groups in total. The molecule has 6 atom stereocenters. The predicted molar refractivity (Wildman–Crippen MR) is 186 cm³/mol. The van der Waals surface area contributed by atoms with Gasteiger partial charge >= 0.3 is 6.09 Å². The maximum absolute atomic E-state index is 15.5. The summed E-state index contributed by atoms with van der Waals surface area (Å²) >= 11 is 12.7. The lowest BCUT2D eigenvalue weighted by atomic mass is 9.49. The van der Waals surface area contributed by atoms with Gasteiger partial charge in [0.2, 0.25) is 11.8 Å². The Labute approximate surface area is 307 Å². The number of phenolic OH excluding ortho intramolecular Hbond substituents is 1. The normalized spacial score (nSPS) is 26.3. The molecule has 7 rings (SSSR count). The Morgan fingerprint density at radius 2 is 1.54 bits per heavy atom. The first-order chi connectivity index (χ1) is 24.9. The monoisotopic (exact) mass is 749 g/mol. The van der Waals surface area contributed by atoms with Gasteiger partial charge in [-0.05, 0) is 54.7 Å². The Kier molecular flexibility index (Phi) is 8.82. The van der Waals surface area contributed by atoms with Crippen LogP contribution in [-0.4, -0.2) is 73.2 Å². The number of fused-ring (bicyclic) bond motifs is 4. The van der Waals surface area contributed by atoms with Crippen LogP contribution in [0.5, 0.6) is 23.0 Å². The number of benzene rings is 3. The quantitative estimate of drug-likeness (QED) is 0.233. The van der Waals surface area contributed by atoms with Crippen LogP contribution in [0.15, 0.2) is 66.2 Å². The highest BCUT2D eigenvalue weighted by Crippen LogP contribution is 2.66. The lowest BCUT2D eigenvalue weighted by molar-refractivity contribution is -0.140. The van der Waals surface area contributed by atoms with Crippen molar-refractivity contribution in [1.82, 2.24) is 9.91 Å². The van der Waals surface area contributed by atoms with Gasteiger partial charge in [0.15, 0.2) is 0 Å². The molecule has 2 heterocycles. The van der Waals surface area contributed by atoms with Crippen LogP contribution >= 0.6 is 23.2 Å². The van der Waals surface area contributed by atoms with E-state index in [-0.39, 0.29) is 40.8 Å². The van der Waals surface area contributed by atoms with Gasteiger partial charge in [-0.3, -0.25) is 24.6 Å². The fraction of sp³-hybridized carbons (Fsp3) is 0.324. The lowest BCUT2D eigenvalue weighted by Crippen LogP contribution is -2.53. The van der Waals surface area contributed by atoms with Crippen molar-refractivity contribution in [3.05, 3.63) is 87.4 Å². The van der Waals surface area contributed by atoms with E-state index >= 15 is 4.79 Å². The number of anilines is 1. The first kappa shape index (κ1) is 35.1. The third-order valence-corrected chi connectivity index (χ3v) is 11.3. The number of carbonyl (C=O) groups excluding carboxylic acids is 5. The molecule has 3 aromatic rings. The minimum Gasteiger partial charge on any atom is -0.508 e. The molecule has 0 spiro atoms. The first-order valence-corrected chi connectivity index (χ1v) is 17.0. The van der Waals surface area contributed by atoms with E-state index in [1.54, 1.807) is 36.4 Å². The van der Waals surface area contributed by atoms with Crippen LogP contribution in [-0.2, 0) is 29.3 Å². The van der Waals surface area contributed by atoms with Crippen LogP contribution in [0.4, 0.5) is 10.5 Å². The molecule has 2 aliphatic carbocycles. The number of imide groups is 4. The number of hydrogen-bond acceptors (Lipinski definition) is 11. The van der Waals surface area contributed by atoms with E-state index in [1.165, 1.54) is 45.6 Å². The predicted octanol–water partition coefficient (Wildman–Crippen LogP) is 5.48. The zero-order chi connectivity index (χ0) is 37.2. The van der Waals surface area contributed by atoms with Crippen molar-refractivity contribution < 1.29 is 48.0 Å². The maximum atomic E-state index is 15.5. The minimum absolute atomic E-state index is 0.0522. The van der Waals surface area contributed by atoms with E-state index in [9.17, 15) is 24.3 Å². The number of aromatic hydroxyl groups is 1. The van der Waals surface area contributed by atoms with Gasteiger partial charge in [-0.25, -0.2) is 4.79 Å². The molecule has 6 unspecified atom stereocenters. The van der Waals surface area contributed by atoms with E-state index < -0.39 is 64.7 Å². The molecule has 4 aliphatic rings. The fourth-order valence-corrected chi connectivity index (χ4v) is 9.09. The van der Waals surface area contributed by atoms with E-state index in [0.29, 0.717) is 32.4 Å². The summed E-state index contributed by atoms with van der Waals surface area (Å²) in [6, 6.07) is 14.1. The molecule has 0 radical (unpaired) electrons. The number of rotatable bonds is 7. The maximum Gasteiger partial charge on any atom is 0.423 e. The van der Waals surface area contributed by atoms with Gasteiger partial charge in [-0.2, -0.15) is 9.91 Å². The second kappa shape index (κ2) is 13.1. The average Bonchev–Trinajstić information content (AvgIpc) is 3.52. The summed E-state index contributed by atoms with van der Waals surface area (Å²) in [7, 11) is 5.37. The van der Waals surface area contributed by atoms with Crippen LogP contribution in [0.3, 0.4) is 0 Å². The van der Waals surface area contributed by atoms with Crippen molar-refractivity contribution in [2.24, 2.45) is 23.7 Å². The molecule has 2 saturated heterocycles. The number of nitrogens with zero attached hydrogens (tertiary/aromatic N) is 2. The van der Waals surface area contributed by atoms with E-state index in [2.05, 4.69) is 5.43 Å². The molecule has 3 fully saturated rings. The number of amides is 5. The first-order valence-electron chi connectivity index (χ1n) is 16.3. The third kappa shape index (κ3) is 5.01. The standard InChI is InChI=1S/C37H33Cl2N3O10/c1-49-20-8-5-17(6-9-20)37-24(33(45)42(35(37)47)40-26-12-7-18(38)13-25(26)39)16-23-21(31(37)30-27(50-2)14-19(43)15-28(30)51-3)10-11-22-29(23)34(46)41(32(22)44)36(48)52-4/h5-10,12-15,22-24,29,31,40,43H,11,16H2,1-4H3. The van der Waals surface area contributed by atoms with Crippen molar-refractivity contribution in [3.8, 4) is 23.0 Å². The largest absolute Gasteiger partial charge is 0.508 e. The van der Waals surface area contributed by atoms with Crippen molar-refractivity contribution in [3.63, 3.8) is 0 Å². The molecule has 5 amide bonds. The number of nitrogens with one attached hydrogen (secondary N) is 1. The summed E-state index contributed by atoms with van der Waals surface area (Å²) < 4.78 is 21.9. The summed E-state index contributed by atoms with van der Waals surface area (Å²) in [6.45, 7) is 0.